The fourth-order valence-corrected chi connectivity index (χ4v) is 6.51. The molecule has 0 aliphatic rings. The maximum absolute atomic E-state index is 4.96. The summed E-state index contributed by atoms with van der Waals surface area (Å²) < 4.78 is 3.55. The second-order valence-electron chi connectivity index (χ2n) is 9.73. The summed E-state index contributed by atoms with van der Waals surface area (Å²) in [5.41, 5.74) is 9.61. The molecule has 0 fully saturated rings. The Labute approximate surface area is 234 Å². The zero-order chi connectivity index (χ0) is 26.5. The Hall–Kier alpha value is -5.13. The van der Waals surface area contributed by atoms with E-state index in [4.69, 9.17) is 9.97 Å². The van der Waals surface area contributed by atoms with Gasteiger partial charge in [0.2, 0.25) is 0 Å². The SMILES string of the molecule is c1ccc(-c2cccc(-n3c4cc(-c5nc6ccccc6s5)ccc4c4c(-c5ccccn5)cccc43)c2)nc1. The summed E-state index contributed by atoms with van der Waals surface area (Å²) in [5.74, 6) is 0. The largest absolute Gasteiger partial charge is 0.309 e. The van der Waals surface area contributed by atoms with Gasteiger partial charge >= 0.3 is 0 Å². The fourth-order valence-electron chi connectivity index (χ4n) is 5.55. The van der Waals surface area contributed by atoms with E-state index in [1.165, 1.54) is 15.5 Å². The molecule has 0 radical (unpaired) electrons. The normalized spacial score (nSPS) is 11.5. The molecule has 0 amide bonds. The Morgan fingerprint density at radius 1 is 0.575 bits per heavy atom. The van der Waals surface area contributed by atoms with Crippen LogP contribution in [-0.4, -0.2) is 19.5 Å². The first-order valence-corrected chi connectivity index (χ1v) is 14.0. The number of nitrogens with zero attached hydrogens (tertiary/aromatic N) is 4. The highest BCUT2D eigenvalue weighted by Crippen LogP contribution is 2.40. The Balaban J connectivity index is 1.43. The maximum atomic E-state index is 4.96. The molecule has 0 atom stereocenters. The van der Waals surface area contributed by atoms with Crippen LogP contribution in [0.25, 0.3) is 70.8 Å². The number of aromatic nitrogens is 4. The molecule has 4 aromatic carbocycles. The predicted molar refractivity (Wildman–Crippen MR) is 166 cm³/mol. The number of hydrogen-bond acceptors (Lipinski definition) is 4. The van der Waals surface area contributed by atoms with Crippen LogP contribution in [0, 0.1) is 0 Å². The minimum absolute atomic E-state index is 0.953. The molecule has 4 nitrogen and oxygen atoms in total. The van der Waals surface area contributed by atoms with Crippen molar-refractivity contribution < 1.29 is 0 Å². The van der Waals surface area contributed by atoms with Crippen molar-refractivity contribution in [3.8, 4) is 38.8 Å². The molecule has 8 aromatic rings. The lowest BCUT2D eigenvalue weighted by molar-refractivity contribution is 1.18. The van der Waals surface area contributed by atoms with E-state index in [2.05, 4.69) is 101 Å². The van der Waals surface area contributed by atoms with Gasteiger partial charge < -0.3 is 4.57 Å². The summed E-state index contributed by atoms with van der Waals surface area (Å²) in [6, 6.07) is 42.3. The predicted octanol–water partition coefficient (Wildman–Crippen LogP) is 9.18. The number of para-hydroxylation sites is 1. The number of fused-ring (bicyclic) bond motifs is 4. The molecule has 0 aliphatic carbocycles. The highest BCUT2D eigenvalue weighted by molar-refractivity contribution is 7.21. The summed E-state index contributed by atoms with van der Waals surface area (Å²) >= 11 is 1.73. The molecular formula is C35H22N4S. The third-order valence-electron chi connectivity index (χ3n) is 7.34. The molecule has 0 aliphatic heterocycles. The summed E-state index contributed by atoms with van der Waals surface area (Å²) in [6.45, 7) is 0. The minimum atomic E-state index is 0.953. The van der Waals surface area contributed by atoms with Crippen molar-refractivity contribution in [1.29, 1.82) is 0 Å². The van der Waals surface area contributed by atoms with Gasteiger partial charge in [-0.15, -0.1) is 11.3 Å². The van der Waals surface area contributed by atoms with Gasteiger partial charge in [-0.2, -0.15) is 0 Å². The van der Waals surface area contributed by atoms with Crippen molar-refractivity contribution in [2.45, 2.75) is 0 Å². The molecule has 4 heterocycles. The molecule has 0 saturated carbocycles. The van der Waals surface area contributed by atoms with Crippen molar-refractivity contribution in [3.63, 3.8) is 0 Å². The average Bonchev–Trinajstić information content (AvgIpc) is 3.61. The van der Waals surface area contributed by atoms with Crippen molar-refractivity contribution in [3.05, 3.63) is 134 Å². The van der Waals surface area contributed by atoms with Crippen LogP contribution in [0.5, 0.6) is 0 Å². The van der Waals surface area contributed by atoms with Gasteiger partial charge in [-0.05, 0) is 60.7 Å². The van der Waals surface area contributed by atoms with Crippen molar-refractivity contribution in [2.75, 3.05) is 0 Å². The van der Waals surface area contributed by atoms with Crippen LogP contribution in [-0.2, 0) is 0 Å². The first kappa shape index (κ1) is 22.8. The highest BCUT2D eigenvalue weighted by Gasteiger charge is 2.18. The van der Waals surface area contributed by atoms with E-state index in [-0.39, 0.29) is 0 Å². The van der Waals surface area contributed by atoms with E-state index < -0.39 is 0 Å². The second-order valence-corrected chi connectivity index (χ2v) is 10.8. The van der Waals surface area contributed by atoms with Crippen LogP contribution < -0.4 is 0 Å². The van der Waals surface area contributed by atoms with E-state index in [0.717, 1.165) is 55.3 Å². The van der Waals surface area contributed by atoms with E-state index in [0.29, 0.717) is 0 Å². The summed E-state index contributed by atoms with van der Waals surface area (Å²) in [5, 5.41) is 3.40. The highest BCUT2D eigenvalue weighted by atomic mass is 32.1. The third kappa shape index (κ3) is 3.71. The molecule has 0 bridgehead atoms. The van der Waals surface area contributed by atoms with Crippen molar-refractivity contribution >= 4 is 43.4 Å². The van der Waals surface area contributed by atoms with Crippen LogP contribution in [0.4, 0.5) is 0 Å². The lowest BCUT2D eigenvalue weighted by Gasteiger charge is -2.11. The monoisotopic (exact) mass is 530 g/mol. The van der Waals surface area contributed by atoms with Crippen LogP contribution in [0.15, 0.2) is 134 Å². The summed E-state index contributed by atoms with van der Waals surface area (Å²) in [4.78, 5) is 14.3. The van der Waals surface area contributed by atoms with Gasteiger partial charge in [0, 0.05) is 45.5 Å². The van der Waals surface area contributed by atoms with E-state index in [1.807, 2.05) is 42.7 Å². The Morgan fingerprint density at radius 3 is 2.20 bits per heavy atom. The van der Waals surface area contributed by atoms with Gasteiger partial charge in [-0.25, -0.2) is 4.98 Å². The zero-order valence-corrected chi connectivity index (χ0v) is 22.2. The van der Waals surface area contributed by atoms with Gasteiger partial charge in [0.1, 0.15) is 5.01 Å². The van der Waals surface area contributed by atoms with Crippen LogP contribution in [0.3, 0.4) is 0 Å². The molecule has 5 heteroatoms. The van der Waals surface area contributed by atoms with Gasteiger partial charge in [-0.3, -0.25) is 9.97 Å². The van der Waals surface area contributed by atoms with Crippen molar-refractivity contribution in [1.82, 2.24) is 19.5 Å². The molecule has 40 heavy (non-hydrogen) atoms. The molecule has 188 valence electrons. The molecule has 0 saturated heterocycles. The second kappa shape index (κ2) is 9.26. The number of hydrogen-bond donors (Lipinski definition) is 0. The number of rotatable bonds is 4. The Bertz CT molecular complexity index is 2130. The average molecular weight is 531 g/mol. The molecular weight excluding hydrogens is 508 g/mol. The molecule has 8 rings (SSSR count). The van der Waals surface area contributed by atoms with Crippen LogP contribution >= 0.6 is 11.3 Å². The molecule has 0 N–H and O–H groups in total. The zero-order valence-electron chi connectivity index (χ0n) is 21.4. The quantitative estimate of drug-likeness (QED) is 0.228. The fraction of sp³-hybridized carbons (Fsp3) is 0. The lowest BCUT2D eigenvalue weighted by atomic mass is 10.0. The maximum Gasteiger partial charge on any atom is 0.124 e. The molecule has 4 aromatic heterocycles. The van der Waals surface area contributed by atoms with Gasteiger partial charge in [0.15, 0.2) is 0 Å². The lowest BCUT2D eigenvalue weighted by Crippen LogP contribution is -1.95. The topological polar surface area (TPSA) is 43.6 Å². The van der Waals surface area contributed by atoms with Gasteiger partial charge in [-0.1, -0.05) is 60.7 Å². The van der Waals surface area contributed by atoms with Crippen molar-refractivity contribution in [2.24, 2.45) is 0 Å². The standard InChI is InChI=1S/C35H22N4S/c1-2-16-33-30(14-1)38-35(40-33)24-17-18-27-32(22-24)39(25-10-7-9-23(21-25)28-12-3-5-19-36-28)31-15-8-11-26(34(27)31)29-13-4-6-20-37-29/h1-22H. The van der Waals surface area contributed by atoms with Gasteiger partial charge in [0.25, 0.3) is 0 Å². The number of thiazole rings is 1. The van der Waals surface area contributed by atoms with Crippen LogP contribution in [0.1, 0.15) is 0 Å². The summed E-state index contributed by atoms with van der Waals surface area (Å²) in [6.07, 6.45) is 3.70. The van der Waals surface area contributed by atoms with Crippen LogP contribution in [0.2, 0.25) is 0 Å². The molecule has 0 unspecified atom stereocenters. The summed E-state index contributed by atoms with van der Waals surface area (Å²) in [7, 11) is 0. The molecule has 0 spiro atoms. The third-order valence-corrected chi connectivity index (χ3v) is 8.42. The van der Waals surface area contributed by atoms with E-state index >= 15 is 0 Å². The Morgan fingerprint density at radius 2 is 1.38 bits per heavy atom. The first-order chi connectivity index (χ1) is 19.8. The Kier molecular flexibility index (Phi) is 5.28. The number of pyridine rings is 2. The van der Waals surface area contributed by atoms with E-state index in [1.54, 1.807) is 11.3 Å². The minimum Gasteiger partial charge on any atom is -0.309 e. The van der Waals surface area contributed by atoms with Gasteiger partial charge in [0.05, 0.1) is 32.6 Å². The van der Waals surface area contributed by atoms with E-state index in [9.17, 15) is 0 Å². The smallest absolute Gasteiger partial charge is 0.124 e. The number of benzene rings is 4. The first-order valence-electron chi connectivity index (χ1n) is 13.2.